The van der Waals surface area contributed by atoms with Crippen LogP contribution in [0, 0.1) is 0 Å². The van der Waals surface area contributed by atoms with Gasteiger partial charge in [0.1, 0.15) is 13.0 Å². The maximum Gasteiger partial charge on any atom is 0.126 e. The highest BCUT2D eigenvalue weighted by Crippen LogP contribution is 2.14. The molecule has 100 valence electrons. The summed E-state index contributed by atoms with van der Waals surface area (Å²) in [6.45, 7) is 4.07. The maximum atomic E-state index is 4.45. The lowest BCUT2D eigenvalue weighted by molar-refractivity contribution is -0.0105. The van der Waals surface area contributed by atoms with Crippen LogP contribution >= 0.6 is 0 Å². The molecule has 2 aliphatic rings. The quantitative estimate of drug-likeness (QED) is 0.824. The van der Waals surface area contributed by atoms with Gasteiger partial charge in [-0.2, -0.15) is 5.10 Å². The van der Waals surface area contributed by atoms with Crippen molar-refractivity contribution in [3.63, 3.8) is 0 Å². The largest absolute Gasteiger partial charge is 0.337 e. The molecular weight excluding hydrogens is 236 g/mol. The summed E-state index contributed by atoms with van der Waals surface area (Å²) < 4.78 is 0. The molecule has 0 radical (unpaired) electrons. The summed E-state index contributed by atoms with van der Waals surface area (Å²) in [6, 6.07) is 10.4. The van der Waals surface area contributed by atoms with Crippen LogP contribution in [0.15, 0.2) is 41.5 Å². The molecule has 0 unspecified atom stereocenters. The highest BCUT2D eigenvalue weighted by atomic mass is 15.8. The molecule has 1 aromatic carbocycles. The topological polar surface area (TPSA) is 22.1 Å². The first-order chi connectivity index (χ1) is 9.42. The molecule has 1 aromatic rings. The van der Waals surface area contributed by atoms with E-state index in [9.17, 15) is 0 Å². The van der Waals surface area contributed by atoms with Crippen LogP contribution in [0.2, 0.25) is 0 Å². The SMILES string of the molecule is C(=Cc1ccccc1)CN1C=NN(N2CCCC2)C1. The minimum Gasteiger partial charge on any atom is -0.337 e. The molecule has 1 fully saturated rings. The highest BCUT2D eigenvalue weighted by molar-refractivity contribution is 5.57. The van der Waals surface area contributed by atoms with Gasteiger partial charge in [0.25, 0.3) is 0 Å². The summed E-state index contributed by atoms with van der Waals surface area (Å²) in [5.41, 5.74) is 1.25. The van der Waals surface area contributed by atoms with Gasteiger partial charge in [0.15, 0.2) is 0 Å². The summed E-state index contributed by atoms with van der Waals surface area (Å²) in [5, 5.41) is 8.87. The van der Waals surface area contributed by atoms with E-state index in [1.165, 1.54) is 18.4 Å². The van der Waals surface area contributed by atoms with Gasteiger partial charge in [0.2, 0.25) is 0 Å². The second-order valence-electron chi connectivity index (χ2n) is 4.99. The van der Waals surface area contributed by atoms with Crippen LogP contribution in [0.4, 0.5) is 0 Å². The lowest BCUT2D eigenvalue weighted by Crippen LogP contribution is -2.38. The Hall–Kier alpha value is -1.81. The zero-order valence-electron chi connectivity index (χ0n) is 11.2. The zero-order chi connectivity index (χ0) is 12.9. The summed E-state index contributed by atoms with van der Waals surface area (Å²) in [6.07, 6.45) is 8.87. The van der Waals surface area contributed by atoms with Crippen LogP contribution in [0.3, 0.4) is 0 Å². The van der Waals surface area contributed by atoms with Gasteiger partial charge in [-0.1, -0.05) is 42.5 Å². The van der Waals surface area contributed by atoms with Crippen LogP contribution in [-0.4, -0.2) is 47.7 Å². The Bertz CT molecular complexity index is 448. The molecule has 2 heterocycles. The fraction of sp³-hybridized carbons (Fsp3) is 0.400. The zero-order valence-corrected chi connectivity index (χ0v) is 11.2. The first-order valence-electron chi connectivity index (χ1n) is 6.94. The van der Waals surface area contributed by atoms with Crippen molar-refractivity contribution in [1.29, 1.82) is 0 Å². The fourth-order valence-electron chi connectivity index (χ4n) is 2.46. The first-order valence-corrected chi connectivity index (χ1v) is 6.94. The summed E-state index contributed by atoms with van der Waals surface area (Å²) in [7, 11) is 0. The average Bonchev–Trinajstić information content (AvgIpc) is 3.10. The molecule has 0 aliphatic carbocycles. The average molecular weight is 256 g/mol. The molecule has 2 aliphatic heterocycles. The first kappa shape index (κ1) is 12.2. The Morgan fingerprint density at radius 3 is 2.68 bits per heavy atom. The Balaban J connectivity index is 1.47. The molecule has 0 amide bonds. The van der Waals surface area contributed by atoms with Gasteiger partial charge in [-0.3, -0.25) is 0 Å². The number of benzene rings is 1. The van der Waals surface area contributed by atoms with Crippen molar-refractivity contribution >= 4 is 12.4 Å². The van der Waals surface area contributed by atoms with Gasteiger partial charge in [-0.25, -0.2) is 10.1 Å². The monoisotopic (exact) mass is 256 g/mol. The summed E-state index contributed by atoms with van der Waals surface area (Å²) in [5.74, 6) is 0. The molecule has 4 heteroatoms. The molecule has 3 rings (SSSR count). The number of hydrogen-bond donors (Lipinski definition) is 0. The fourth-order valence-corrected chi connectivity index (χ4v) is 2.46. The smallest absolute Gasteiger partial charge is 0.126 e. The second kappa shape index (κ2) is 5.89. The Morgan fingerprint density at radius 2 is 1.89 bits per heavy atom. The number of hydrogen-bond acceptors (Lipinski definition) is 4. The van der Waals surface area contributed by atoms with Crippen molar-refractivity contribution < 1.29 is 0 Å². The van der Waals surface area contributed by atoms with Crippen LogP contribution in [0.25, 0.3) is 6.08 Å². The second-order valence-corrected chi connectivity index (χ2v) is 4.99. The van der Waals surface area contributed by atoms with Gasteiger partial charge in [0, 0.05) is 19.6 Å². The van der Waals surface area contributed by atoms with Crippen molar-refractivity contribution in [1.82, 2.24) is 15.0 Å². The molecule has 0 spiro atoms. The maximum absolute atomic E-state index is 4.45. The van der Waals surface area contributed by atoms with Gasteiger partial charge in [-0.05, 0) is 18.4 Å². The van der Waals surface area contributed by atoms with Crippen molar-refractivity contribution in [2.24, 2.45) is 5.10 Å². The molecule has 0 aromatic heterocycles. The van der Waals surface area contributed by atoms with E-state index in [1.54, 1.807) is 0 Å². The van der Waals surface area contributed by atoms with E-state index in [0.29, 0.717) is 0 Å². The third kappa shape index (κ3) is 3.15. The van der Waals surface area contributed by atoms with Crippen molar-refractivity contribution in [2.75, 3.05) is 26.3 Å². The standard InChI is InChI=1S/C15H20N4/c1-2-7-15(8-3-1)9-6-10-17-13-16-19(14-17)18-11-4-5-12-18/h1-3,6-9,13H,4-5,10-12,14H2. The minimum atomic E-state index is 0.874. The van der Waals surface area contributed by atoms with Crippen molar-refractivity contribution in [2.45, 2.75) is 12.8 Å². The normalized spacial score (nSPS) is 20.0. The van der Waals surface area contributed by atoms with Gasteiger partial charge < -0.3 is 4.90 Å². The Morgan fingerprint density at radius 1 is 1.11 bits per heavy atom. The van der Waals surface area contributed by atoms with Gasteiger partial charge in [0.05, 0.1) is 0 Å². The molecule has 4 nitrogen and oxygen atoms in total. The van der Waals surface area contributed by atoms with Gasteiger partial charge >= 0.3 is 0 Å². The lowest BCUT2D eigenvalue weighted by Gasteiger charge is -2.26. The van der Waals surface area contributed by atoms with Crippen LogP contribution in [-0.2, 0) is 0 Å². The Kier molecular flexibility index (Phi) is 3.79. The number of rotatable bonds is 4. The lowest BCUT2D eigenvalue weighted by atomic mass is 10.2. The van der Waals surface area contributed by atoms with E-state index in [2.05, 4.69) is 56.5 Å². The molecule has 0 atom stereocenters. The molecular formula is C15H20N4. The molecule has 0 saturated carbocycles. The van der Waals surface area contributed by atoms with E-state index in [-0.39, 0.29) is 0 Å². The predicted molar refractivity (Wildman–Crippen MR) is 78.2 cm³/mol. The third-order valence-electron chi connectivity index (χ3n) is 3.52. The van der Waals surface area contributed by atoms with E-state index in [0.717, 1.165) is 26.3 Å². The predicted octanol–water partition coefficient (Wildman–Crippen LogP) is 2.23. The Labute approximate surface area is 114 Å². The van der Waals surface area contributed by atoms with Gasteiger partial charge in [-0.15, -0.1) is 0 Å². The molecule has 1 saturated heterocycles. The van der Waals surface area contributed by atoms with Crippen LogP contribution < -0.4 is 0 Å². The number of hydrazone groups is 1. The van der Waals surface area contributed by atoms with E-state index < -0.39 is 0 Å². The van der Waals surface area contributed by atoms with E-state index >= 15 is 0 Å². The minimum absolute atomic E-state index is 0.874. The summed E-state index contributed by atoms with van der Waals surface area (Å²) >= 11 is 0. The van der Waals surface area contributed by atoms with E-state index in [1.807, 2.05) is 12.4 Å². The third-order valence-corrected chi connectivity index (χ3v) is 3.52. The molecule has 19 heavy (non-hydrogen) atoms. The molecule has 0 N–H and O–H groups in total. The van der Waals surface area contributed by atoms with E-state index in [4.69, 9.17) is 0 Å². The summed E-state index contributed by atoms with van der Waals surface area (Å²) in [4.78, 5) is 2.22. The number of hydrazine groups is 1. The van der Waals surface area contributed by atoms with Crippen LogP contribution in [0.1, 0.15) is 18.4 Å². The van der Waals surface area contributed by atoms with Crippen LogP contribution in [0.5, 0.6) is 0 Å². The van der Waals surface area contributed by atoms with Crippen molar-refractivity contribution in [3.05, 3.63) is 42.0 Å². The number of nitrogens with zero attached hydrogens (tertiary/aromatic N) is 4. The highest BCUT2D eigenvalue weighted by Gasteiger charge is 2.22. The molecule has 0 bridgehead atoms. The van der Waals surface area contributed by atoms with Crippen molar-refractivity contribution in [3.8, 4) is 0 Å².